The predicted octanol–water partition coefficient (Wildman–Crippen LogP) is 3.58. The fraction of sp³-hybridized carbons (Fsp3) is 0.235. The minimum Gasteiger partial charge on any atom is -0.385 e. The van der Waals surface area contributed by atoms with Crippen LogP contribution in [0.2, 0.25) is 0 Å². The van der Waals surface area contributed by atoms with Crippen molar-refractivity contribution in [2.45, 2.75) is 6.42 Å². The maximum atomic E-state index is 13.0. The maximum Gasteiger partial charge on any atom is 0.252 e. The number of hydrogen-bond acceptors (Lipinski definition) is 3. The number of carbonyl (C=O) groups is 1. The van der Waals surface area contributed by atoms with E-state index < -0.39 is 0 Å². The van der Waals surface area contributed by atoms with Gasteiger partial charge in [-0.15, -0.1) is 11.3 Å². The molecule has 0 aliphatic heterocycles. The molecule has 0 radical (unpaired) electrons. The van der Waals surface area contributed by atoms with Gasteiger partial charge >= 0.3 is 0 Å². The number of benzene rings is 1. The summed E-state index contributed by atoms with van der Waals surface area (Å²) in [6.07, 6.45) is 2.54. The lowest BCUT2D eigenvalue weighted by atomic mass is 10.1. The van der Waals surface area contributed by atoms with Gasteiger partial charge in [0.25, 0.3) is 5.91 Å². The highest BCUT2D eigenvalue weighted by Crippen LogP contribution is 2.23. The van der Waals surface area contributed by atoms with E-state index in [-0.39, 0.29) is 11.7 Å². The van der Waals surface area contributed by atoms with Crippen molar-refractivity contribution in [2.75, 3.05) is 20.3 Å². The van der Waals surface area contributed by atoms with E-state index in [9.17, 15) is 9.18 Å². The van der Waals surface area contributed by atoms with Crippen LogP contribution in [0.25, 0.3) is 11.6 Å². The molecule has 0 atom stereocenters. The number of halogens is 1. The molecule has 1 N–H and O–H groups in total. The minimum atomic E-state index is -0.293. The fourth-order valence-electron chi connectivity index (χ4n) is 1.92. The van der Waals surface area contributed by atoms with E-state index in [1.54, 1.807) is 25.3 Å². The van der Waals surface area contributed by atoms with Crippen LogP contribution in [-0.2, 0) is 9.53 Å². The Hall–Kier alpha value is -1.98. The quantitative estimate of drug-likeness (QED) is 0.626. The molecule has 1 amide bonds. The molecule has 116 valence electrons. The third kappa shape index (κ3) is 4.79. The Morgan fingerprint density at radius 2 is 2.09 bits per heavy atom. The van der Waals surface area contributed by atoms with Gasteiger partial charge in [0.05, 0.1) is 5.57 Å². The molecular formula is C17H18FNO2S. The molecule has 1 aromatic carbocycles. The van der Waals surface area contributed by atoms with Crippen LogP contribution in [0.1, 0.15) is 16.9 Å². The normalized spacial score (nSPS) is 11.5. The van der Waals surface area contributed by atoms with Crippen LogP contribution in [0.3, 0.4) is 0 Å². The molecule has 0 spiro atoms. The summed E-state index contributed by atoms with van der Waals surface area (Å²) in [6.45, 7) is 1.16. The molecule has 2 rings (SSSR count). The second-order valence-corrected chi connectivity index (χ2v) is 5.64. The first kappa shape index (κ1) is 16.4. The average molecular weight is 319 g/mol. The predicted molar refractivity (Wildman–Crippen MR) is 88.1 cm³/mol. The molecule has 0 saturated carbocycles. The van der Waals surface area contributed by atoms with E-state index in [0.29, 0.717) is 18.7 Å². The summed E-state index contributed by atoms with van der Waals surface area (Å²) >= 11 is 1.50. The number of methoxy groups -OCH3 is 1. The average Bonchev–Trinajstić information content (AvgIpc) is 3.05. The zero-order chi connectivity index (χ0) is 15.8. The van der Waals surface area contributed by atoms with E-state index in [0.717, 1.165) is 16.9 Å². The first-order valence-corrected chi connectivity index (χ1v) is 7.87. The first-order valence-electron chi connectivity index (χ1n) is 6.99. The number of carbonyl (C=O) groups excluding carboxylic acids is 1. The Morgan fingerprint density at radius 3 is 2.73 bits per heavy atom. The van der Waals surface area contributed by atoms with E-state index in [1.165, 1.54) is 23.5 Å². The van der Waals surface area contributed by atoms with Gasteiger partial charge in [-0.25, -0.2) is 4.39 Å². The SMILES string of the molecule is COCCCNC(=O)/C(=C/c1ccc(F)cc1)c1cccs1. The molecule has 0 fully saturated rings. The lowest BCUT2D eigenvalue weighted by Crippen LogP contribution is -2.25. The van der Waals surface area contributed by atoms with Gasteiger partial charge in [0.1, 0.15) is 5.82 Å². The van der Waals surface area contributed by atoms with Crippen LogP contribution in [0, 0.1) is 5.82 Å². The molecule has 2 aromatic rings. The molecule has 0 bridgehead atoms. The fourth-order valence-corrected chi connectivity index (χ4v) is 2.66. The number of thiophene rings is 1. The van der Waals surface area contributed by atoms with E-state index in [2.05, 4.69) is 5.32 Å². The topological polar surface area (TPSA) is 38.3 Å². The largest absolute Gasteiger partial charge is 0.385 e. The first-order chi connectivity index (χ1) is 10.7. The van der Waals surface area contributed by atoms with E-state index >= 15 is 0 Å². The number of amides is 1. The van der Waals surface area contributed by atoms with Gasteiger partial charge in [-0.2, -0.15) is 0 Å². The lowest BCUT2D eigenvalue weighted by molar-refractivity contribution is -0.115. The highest BCUT2D eigenvalue weighted by molar-refractivity contribution is 7.11. The van der Waals surface area contributed by atoms with Crippen LogP contribution in [-0.4, -0.2) is 26.2 Å². The van der Waals surface area contributed by atoms with E-state index in [1.807, 2.05) is 17.5 Å². The van der Waals surface area contributed by atoms with Crippen molar-refractivity contribution in [2.24, 2.45) is 0 Å². The Morgan fingerprint density at radius 1 is 1.32 bits per heavy atom. The molecule has 5 heteroatoms. The number of rotatable bonds is 7. The van der Waals surface area contributed by atoms with Crippen molar-refractivity contribution >= 4 is 28.9 Å². The van der Waals surface area contributed by atoms with Crippen molar-refractivity contribution in [3.63, 3.8) is 0 Å². The Bertz CT molecular complexity index is 621. The number of hydrogen-bond donors (Lipinski definition) is 1. The second-order valence-electron chi connectivity index (χ2n) is 4.69. The third-order valence-corrected chi connectivity index (χ3v) is 3.93. The van der Waals surface area contributed by atoms with Gasteiger partial charge in [0.2, 0.25) is 0 Å². The van der Waals surface area contributed by atoms with Gasteiger partial charge in [-0.3, -0.25) is 4.79 Å². The monoisotopic (exact) mass is 319 g/mol. The highest BCUT2D eigenvalue weighted by atomic mass is 32.1. The zero-order valence-corrected chi connectivity index (χ0v) is 13.2. The third-order valence-electron chi connectivity index (χ3n) is 3.02. The summed E-state index contributed by atoms with van der Waals surface area (Å²) in [6, 6.07) is 9.87. The van der Waals surface area contributed by atoms with Crippen molar-refractivity contribution in [1.82, 2.24) is 5.32 Å². The van der Waals surface area contributed by atoms with Crippen LogP contribution < -0.4 is 5.32 Å². The zero-order valence-electron chi connectivity index (χ0n) is 12.3. The summed E-state index contributed by atoms with van der Waals surface area (Å²) in [5.41, 5.74) is 1.37. The van der Waals surface area contributed by atoms with Crippen molar-refractivity contribution in [1.29, 1.82) is 0 Å². The van der Waals surface area contributed by atoms with Gasteiger partial charge in [0, 0.05) is 25.1 Å². The maximum absolute atomic E-state index is 13.0. The van der Waals surface area contributed by atoms with Crippen LogP contribution in [0.15, 0.2) is 41.8 Å². The smallest absolute Gasteiger partial charge is 0.252 e. The molecule has 1 heterocycles. The van der Waals surface area contributed by atoms with Crippen LogP contribution >= 0.6 is 11.3 Å². The summed E-state index contributed by atoms with van der Waals surface area (Å²) < 4.78 is 17.9. The molecule has 0 unspecified atom stereocenters. The summed E-state index contributed by atoms with van der Waals surface area (Å²) in [4.78, 5) is 13.3. The molecule has 22 heavy (non-hydrogen) atoms. The van der Waals surface area contributed by atoms with Gasteiger partial charge < -0.3 is 10.1 Å². The second kappa shape index (κ2) is 8.46. The van der Waals surface area contributed by atoms with Crippen molar-refractivity contribution < 1.29 is 13.9 Å². The highest BCUT2D eigenvalue weighted by Gasteiger charge is 2.12. The Balaban J connectivity index is 2.16. The number of ether oxygens (including phenoxy) is 1. The summed E-state index contributed by atoms with van der Waals surface area (Å²) in [7, 11) is 1.63. The molecule has 3 nitrogen and oxygen atoms in total. The van der Waals surface area contributed by atoms with Crippen molar-refractivity contribution in [3.05, 3.63) is 58.0 Å². The molecular weight excluding hydrogens is 301 g/mol. The summed E-state index contributed by atoms with van der Waals surface area (Å²) in [5, 5.41) is 4.81. The van der Waals surface area contributed by atoms with Crippen molar-refractivity contribution in [3.8, 4) is 0 Å². The van der Waals surface area contributed by atoms with Gasteiger partial charge in [0.15, 0.2) is 0 Å². The molecule has 1 aromatic heterocycles. The summed E-state index contributed by atoms with van der Waals surface area (Å²) in [5.74, 6) is -0.429. The van der Waals surface area contributed by atoms with Crippen LogP contribution in [0.4, 0.5) is 4.39 Å². The number of nitrogens with one attached hydrogen (secondary N) is 1. The molecule has 0 aliphatic rings. The van der Waals surface area contributed by atoms with E-state index in [4.69, 9.17) is 4.74 Å². The molecule has 0 aliphatic carbocycles. The van der Waals surface area contributed by atoms with Gasteiger partial charge in [-0.1, -0.05) is 18.2 Å². The standard InChI is InChI=1S/C17H18FNO2S/c1-21-10-3-9-19-17(20)15(16-4-2-11-22-16)12-13-5-7-14(18)8-6-13/h2,4-8,11-12H,3,9-10H2,1H3,(H,19,20)/b15-12+. The Labute approximate surface area is 133 Å². The van der Waals surface area contributed by atoms with Gasteiger partial charge in [-0.05, 0) is 41.6 Å². The molecule has 0 saturated heterocycles. The lowest BCUT2D eigenvalue weighted by Gasteiger charge is -2.08. The van der Waals surface area contributed by atoms with Crippen LogP contribution in [0.5, 0.6) is 0 Å². The minimum absolute atomic E-state index is 0.136. The Kier molecular flexibility index (Phi) is 6.30.